The Labute approximate surface area is 164 Å². The highest BCUT2D eigenvalue weighted by molar-refractivity contribution is 5.92. The highest BCUT2D eigenvalue weighted by Gasteiger charge is 2.22. The van der Waals surface area contributed by atoms with Crippen molar-refractivity contribution < 1.29 is 5.94 Å². The zero-order valence-electron chi connectivity index (χ0n) is 18.3. The average molecular weight is 361 g/mol. The van der Waals surface area contributed by atoms with E-state index in [4.69, 9.17) is 1.37 Å². The van der Waals surface area contributed by atoms with Crippen LogP contribution in [0, 0.1) is 13.8 Å². The molecule has 0 unspecified atom stereocenters. The van der Waals surface area contributed by atoms with Crippen LogP contribution in [0.15, 0.2) is 36.6 Å². The number of aryl methyl sites for hydroxylation is 1. The smallest absolute Gasteiger partial charge is 0.232 e. The lowest BCUT2D eigenvalue weighted by Crippen LogP contribution is -2.32. The summed E-state index contributed by atoms with van der Waals surface area (Å²) in [4.78, 5) is 4.59. The number of hydrogen-bond donors (Lipinski definition) is 0. The average Bonchev–Trinajstić information content (AvgIpc) is 3.20. The maximum Gasteiger partial charge on any atom is 0.287 e. The van der Waals surface area contributed by atoms with Crippen LogP contribution in [0.25, 0.3) is 22.2 Å². The fourth-order valence-electron chi connectivity index (χ4n) is 4.51. The largest absolute Gasteiger partial charge is 0.287 e. The van der Waals surface area contributed by atoms with Crippen molar-refractivity contribution >= 4 is 10.9 Å². The van der Waals surface area contributed by atoms with Crippen LogP contribution < -0.4 is 4.57 Å². The van der Waals surface area contributed by atoms with E-state index in [-0.39, 0.29) is 0 Å². The summed E-state index contributed by atoms with van der Waals surface area (Å²) in [6.45, 7) is 8.83. The van der Waals surface area contributed by atoms with E-state index in [0.29, 0.717) is 18.1 Å². The summed E-state index contributed by atoms with van der Waals surface area (Å²) in [5.74, 6) is 1.13. The van der Waals surface area contributed by atoms with Gasteiger partial charge in [0.05, 0.1) is 12.4 Å². The van der Waals surface area contributed by atoms with Crippen LogP contribution in [0.2, 0.25) is 0 Å². The standard InChI is InChI=1S/C25H31N2/c1-16(2)20-10-11-22-24(14-20)26-15-27(5)25(22)23-13-21(12-17(3)18(23)4)19-8-6-7-9-19/h10-16,19H,6-9H2,1-5H3/q+1/i15D. The molecule has 1 saturated carbocycles. The minimum atomic E-state index is 0.312. The van der Waals surface area contributed by atoms with Crippen LogP contribution in [0.3, 0.4) is 0 Å². The lowest BCUT2D eigenvalue weighted by molar-refractivity contribution is -0.662. The summed E-state index contributed by atoms with van der Waals surface area (Å²) >= 11 is 0. The first-order valence-corrected chi connectivity index (χ1v) is 10.3. The Bertz CT molecular complexity index is 1050. The molecule has 27 heavy (non-hydrogen) atoms. The van der Waals surface area contributed by atoms with Crippen LogP contribution in [0.4, 0.5) is 0 Å². The quantitative estimate of drug-likeness (QED) is 0.514. The van der Waals surface area contributed by atoms with E-state index in [2.05, 4.69) is 63.0 Å². The second-order valence-corrected chi connectivity index (χ2v) is 8.54. The molecule has 3 aromatic rings. The number of fused-ring (bicyclic) bond motifs is 1. The lowest BCUT2D eigenvalue weighted by atomic mass is 9.89. The van der Waals surface area contributed by atoms with Crippen molar-refractivity contribution in [3.05, 3.63) is 58.9 Å². The van der Waals surface area contributed by atoms with E-state index in [1.54, 1.807) is 0 Å². The van der Waals surface area contributed by atoms with E-state index in [1.165, 1.54) is 53.5 Å². The molecule has 0 amide bonds. The number of hydrogen-bond acceptors (Lipinski definition) is 1. The van der Waals surface area contributed by atoms with Gasteiger partial charge in [0, 0.05) is 5.56 Å². The molecule has 0 spiro atoms. The molecule has 0 saturated heterocycles. The molecular weight excluding hydrogens is 328 g/mol. The molecule has 1 aliphatic rings. The molecule has 4 rings (SSSR count). The van der Waals surface area contributed by atoms with Crippen LogP contribution in [0.1, 0.15) is 75.0 Å². The summed E-state index contributed by atoms with van der Waals surface area (Å²) in [5, 5.41) is 1.13. The minimum absolute atomic E-state index is 0.312. The van der Waals surface area contributed by atoms with Gasteiger partial charge in [-0.2, -0.15) is 0 Å². The number of nitrogens with zero attached hydrogens (tertiary/aromatic N) is 2. The van der Waals surface area contributed by atoms with Gasteiger partial charge in [-0.15, -0.1) is 0 Å². The highest BCUT2D eigenvalue weighted by Crippen LogP contribution is 2.38. The monoisotopic (exact) mass is 360 g/mol. The predicted octanol–water partition coefficient (Wildman–Crippen LogP) is 6.12. The maximum absolute atomic E-state index is 8.47. The minimum Gasteiger partial charge on any atom is -0.232 e. The second kappa shape index (κ2) is 7.07. The predicted molar refractivity (Wildman–Crippen MR) is 113 cm³/mol. The topological polar surface area (TPSA) is 16.8 Å². The first-order chi connectivity index (χ1) is 13.4. The Morgan fingerprint density at radius 1 is 1.11 bits per heavy atom. The van der Waals surface area contributed by atoms with Crippen molar-refractivity contribution in [1.82, 2.24) is 4.98 Å². The summed E-state index contributed by atoms with van der Waals surface area (Å²) in [7, 11) is 1.97. The van der Waals surface area contributed by atoms with E-state index < -0.39 is 0 Å². The van der Waals surface area contributed by atoms with Crippen molar-refractivity contribution in [1.29, 1.82) is 0 Å². The third-order valence-corrected chi connectivity index (χ3v) is 6.37. The number of benzene rings is 2. The van der Waals surface area contributed by atoms with Gasteiger partial charge in [0.1, 0.15) is 5.69 Å². The summed E-state index contributed by atoms with van der Waals surface area (Å²) < 4.78 is 10.4. The van der Waals surface area contributed by atoms with E-state index >= 15 is 0 Å². The summed E-state index contributed by atoms with van der Waals surface area (Å²) in [6.07, 6.45) is 5.59. The van der Waals surface area contributed by atoms with Gasteiger partial charge in [-0.05, 0) is 84.0 Å². The Balaban J connectivity index is 1.99. The molecule has 2 nitrogen and oxygen atoms in total. The van der Waals surface area contributed by atoms with Crippen molar-refractivity contribution in [2.75, 3.05) is 0 Å². The van der Waals surface area contributed by atoms with Crippen molar-refractivity contribution in [3.63, 3.8) is 0 Å². The zero-order chi connectivity index (χ0) is 20.0. The lowest BCUT2D eigenvalue weighted by Gasteiger charge is -2.17. The third-order valence-electron chi connectivity index (χ3n) is 6.37. The Morgan fingerprint density at radius 3 is 2.56 bits per heavy atom. The van der Waals surface area contributed by atoms with Gasteiger partial charge in [0.2, 0.25) is 0 Å². The van der Waals surface area contributed by atoms with Crippen molar-refractivity contribution in [2.45, 2.75) is 65.2 Å². The Hall–Kier alpha value is -2.22. The molecule has 0 N–H and O–H groups in total. The molecule has 0 atom stereocenters. The molecule has 1 aromatic heterocycles. The number of aromatic nitrogens is 2. The first kappa shape index (κ1) is 16.9. The second-order valence-electron chi connectivity index (χ2n) is 8.54. The molecule has 2 aromatic carbocycles. The van der Waals surface area contributed by atoms with Crippen LogP contribution in [0.5, 0.6) is 0 Å². The van der Waals surface area contributed by atoms with Gasteiger partial charge >= 0.3 is 0 Å². The fraction of sp³-hybridized carbons (Fsp3) is 0.440. The summed E-state index contributed by atoms with van der Waals surface area (Å²) in [6, 6.07) is 11.3. The van der Waals surface area contributed by atoms with Crippen LogP contribution in [-0.2, 0) is 7.05 Å². The van der Waals surface area contributed by atoms with Crippen LogP contribution >= 0.6 is 0 Å². The van der Waals surface area contributed by atoms with Gasteiger partial charge in [-0.3, -0.25) is 0 Å². The normalized spacial score (nSPS) is 15.7. The van der Waals surface area contributed by atoms with Gasteiger partial charge in [0.25, 0.3) is 6.30 Å². The molecule has 1 fully saturated rings. The van der Waals surface area contributed by atoms with Gasteiger partial charge < -0.3 is 0 Å². The Morgan fingerprint density at radius 2 is 1.85 bits per heavy atom. The van der Waals surface area contributed by atoms with Gasteiger partial charge in [0.15, 0.2) is 6.89 Å². The molecule has 2 heteroatoms. The van der Waals surface area contributed by atoms with E-state index in [9.17, 15) is 0 Å². The van der Waals surface area contributed by atoms with Gasteiger partial charge in [-0.1, -0.05) is 38.8 Å². The highest BCUT2D eigenvalue weighted by atomic mass is 15.0. The van der Waals surface area contributed by atoms with Crippen molar-refractivity contribution in [2.24, 2.45) is 7.05 Å². The van der Waals surface area contributed by atoms with Crippen LogP contribution in [-0.4, -0.2) is 4.98 Å². The summed E-state index contributed by atoms with van der Waals surface area (Å²) in [5.41, 5.74) is 8.67. The van der Waals surface area contributed by atoms with Gasteiger partial charge in [-0.25, -0.2) is 4.57 Å². The molecule has 0 radical (unpaired) electrons. The van der Waals surface area contributed by atoms with E-state index in [0.717, 1.165) is 16.6 Å². The maximum atomic E-state index is 8.47. The Kier molecular flexibility index (Phi) is 4.43. The SMILES string of the molecule is [2H]c1nc2cc(C(C)C)ccc2c(-c2cc(C3CCCC3)cc(C)c2C)[n+]1C. The van der Waals surface area contributed by atoms with Crippen molar-refractivity contribution in [3.8, 4) is 11.3 Å². The molecule has 140 valence electrons. The number of rotatable bonds is 3. The fourth-order valence-corrected chi connectivity index (χ4v) is 4.51. The molecular formula is C25H31N2+. The zero-order valence-corrected chi connectivity index (χ0v) is 17.3. The third kappa shape index (κ3) is 3.26. The first-order valence-electron chi connectivity index (χ1n) is 10.8. The molecule has 1 heterocycles. The van der Waals surface area contributed by atoms with E-state index in [1.807, 2.05) is 11.6 Å². The molecule has 0 aliphatic heterocycles. The molecule has 0 bridgehead atoms. The molecule has 1 aliphatic carbocycles.